The highest BCUT2D eigenvalue weighted by atomic mass is 19.1. The summed E-state index contributed by atoms with van der Waals surface area (Å²) in [6.07, 6.45) is 0. The van der Waals surface area contributed by atoms with Crippen LogP contribution < -0.4 is 10.9 Å². The summed E-state index contributed by atoms with van der Waals surface area (Å²) in [5.74, 6) is -1.57. The zero-order valence-corrected chi connectivity index (χ0v) is 15.3. The van der Waals surface area contributed by atoms with E-state index in [1.165, 1.54) is 0 Å². The summed E-state index contributed by atoms with van der Waals surface area (Å²) < 4.78 is 33.4. The van der Waals surface area contributed by atoms with Crippen molar-refractivity contribution < 1.29 is 18.0 Å². The summed E-state index contributed by atoms with van der Waals surface area (Å²) in [6, 6.07) is 16.7. The van der Waals surface area contributed by atoms with Gasteiger partial charge in [-0.15, -0.1) is 0 Å². The standard InChI is InChI=1S/C22H15F2N3O2/c1-13-5-4-8-20(25-13)27-21(28)16-11-14-6-2-3-7-19(14)29-22(16)26-18-12-15(23)9-10-17(18)24/h2-12H,1H3,(H,25,27,28). The van der Waals surface area contributed by atoms with Gasteiger partial charge in [-0.05, 0) is 43.3 Å². The molecule has 0 radical (unpaired) electrons. The topological polar surface area (TPSA) is 67.5 Å². The van der Waals surface area contributed by atoms with Gasteiger partial charge in [-0.25, -0.2) is 18.8 Å². The molecular formula is C22H15F2N3O2. The van der Waals surface area contributed by atoms with Crippen molar-refractivity contribution in [3.8, 4) is 0 Å². The molecule has 2 aromatic heterocycles. The van der Waals surface area contributed by atoms with Crippen LogP contribution in [-0.2, 0) is 0 Å². The quantitative estimate of drug-likeness (QED) is 0.540. The van der Waals surface area contributed by atoms with E-state index in [1.54, 1.807) is 55.5 Å². The maximum absolute atomic E-state index is 14.1. The number of para-hydroxylation sites is 1. The minimum atomic E-state index is -0.735. The van der Waals surface area contributed by atoms with E-state index in [0.29, 0.717) is 16.8 Å². The highest BCUT2D eigenvalue weighted by Crippen LogP contribution is 2.20. The van der Waals surface area contributed by atoms with E-state index in [0.717, 1.165) is 23.9 Å². The summed E-state index contributed by atoms with van der Waals surface area (Å²) >= 11 is 0. The number of anilines is 1. The molecule has 4 rings (SSSR count). The number of amides is 1. The minimum absolute atomic E-state index is 0.0654. The van der Waals surface area contributed by atoms with Crippen molar-refractivity contribution in [3.05, 3.63) is 95.2 Å². The van der Waals surface area contributed by atoms with Crippen LogP contribution in [0.25, 0.3) is 11.0 Å². The highest BCUT2D eigenvalue weighted by Gasteiger charge is 2.14. The van der Waals surface area contributed by atoms with Gasteiger partial charge < -0.3 is 9.73 Å². The Labute approximate surface area is 164 Å². The van der Waals surface area contributed by atoms with E-state index in [-0.39, 0.29) is 16.8 Å². The van der Waals surface area contributed by atoms with Crippen molar-refractivity contribution >= 4 is 28.4 Å². The van der Waals surface area contributed by atoms with E-state index >= 15 is 0 Å². The van der Waals surface area contributed by atoms with Gasteiger partial charge in [0.25, 0.3) is 5.91 Å². The summed E-state index contributed by atoms with van der Waals surface area (Å²) in [5, 5.41) is 3.34. The smallest absolute Gasteiger partial charge is 0.262 e. The van der Waals surface area contributed by atoms with E-state index in [9.17, 15) is 13.6 Å². The third-order valence-electron chi connectivity index (χ3n) is 4.16. The minimum Gasteiger partial charge on any atom is -0.438 e. The van der Waals surface area contributed by atoms with Gasteiger partial charge in [-0.3, -0.25) is 4.79 Å². The first-order valence-electron chi connectivity index (χ1n) is 8.77. The number of nitrogens with zero attached hydrogens (tertiary/aromatic N) is 2. The molecule has 2 heterocycles. The Balaban J connectivity index is 1.87. The number of carbonyl (C=O) groups is 1. The molecular weight excluding hydrogens is 376 g/mol. The molecule has 5 nitrogen and oxygen atoms in total. The fourth-order valence-corrected chi connectivity index (χ4v) is 2.79. The zero-order chi connectivity index (χ0) is 20.4. The Morgan fingerprint density at radius 1 is 1.03 bits per heavy atom. The van der Waals surface area contributed by atoms with E-state index in [2.05, 4.69) is 15.3 Å². The van der Waals surface area contributed by atoms with Gasteiger partial charge in [0.05, 0.1) is 0 Å². The van der Waals surface area contributed by atoms with Crippen molar-refractivity contribution in [2.75, 3.05) is 5.32 Å². The Morgan fingerprint density at radius 2 is 1.86 bits per heavy atom. The molecule has 29 heavy (non-hydrogen) atoms. The first kappa shape index (κ1) is 18.5. The van der Waals surface area contributed by atoms with E-state index in [1.807, 2.05) is 0 Å². The number of pyridine rings is 1. The van der Waals surface area contributed by atoms with Crippen LogP contribution in [0.2, 0.25) is 0 Å². The number of hydrogen-bond donors (Lipinski definition) is 1. The number of rotatable bonds is 3. The lowest BCUT2D eigenvalue weighted by Crippen LogP contribution is -2.22. The van der Waals surface area contributed by atoms with Crippen molar-refractivity contribution in [2.45, 2.75) is 6.92 Å². The fourth-order valence-electron chi connectivity index (χ4n) is 2.79. The summed E-state index contributed by atoms with van der Waals surface area (Å²) in [5.41, 5.74) is 0.840. The van der Waals surface area contributed by atoms with Crippen LogP contribution in [0.4, 0.5) is 20.3 Å². The van der Waals surface area contributed by atoms with E-state index < -0.39 is 17.5 Å². The summed E-state index contributed by atoms with van der Waals surface area (Å²) in [6.45, 7) is 1.80. The average molecular weight is 391 g/mol. The van der Waals surface area contributed by atoms with Crippen LogP contribution in [0.1, 0.15) is 16.1 Å². The average Bonchev–Trinajstić information content (AvgIpc) is 2.70. The monoisotopic (exact) mass is 391 g/mol. The molecule has 0 unspecified atom stereocenters. The predicted octanol–water partition coefficient (Wildman–Crippen LogP) is 4.90. The second kappa shape index (κ2) is 7.63. The number of halogens is 2. The molecule has 0 saturated heterocycles. The fraction of sp³-hybridized carbons (Fsp3) is 0.0455. The van der Waals surface area contributed by atoms with Crippen LogP contribution in [0.15, 0.2) is 76.1 Å². The first-order chi connectivity index (χ1) is 14.0. The highest BCUT2D eigenvalue weighted by molar-refractivity contribution is 6.04. The van der Waals surface area contributed by atoms with Crippen molar-refractivity contribution in [3.63, 3.8) is 0 Å². The molecule has 0 fully saturated rings. The third-order valence-corrected chi connectivity index (χ3v) is 4.16. The molecule has 0 saturated carbocycles. The number of benzene rings is 2. The lowest BCUT2D eigenvalue weighted by atomic mass is 10.1. The summed E-state index contributed by atoms with van der Waals surface area (Å²) in [7, 11) is 0. The van der Waals surface area contributed by atoms with Gasteiger partial charge >= 0.3 is 0 Å². The Hall–Kier alpha value is -3.87. The molecule has 0 aliphatic rings. The molecule has 4 aromatic rings. The first-order valence-corrected chi connectivity index (χ1v) is 8.77. The molecule has 144 valence electrons. The lowest BCUT2D eigenvalue weighted by Gasteiger charge is -2.07. The maximum Gasteiger partial charge on any atom is 0.262 e. The van der Waals surface area contributed by atoms with Crippen LogP contribution >= 0.6 is 0 Å². The van der Waals surface area contributed by atoms with Crippen LogP contribution in [0, 0.1) is 18.6 Å². The molecule has 0 spiro atoms. The van der Waals surface area contributed by atoms with Crippen LogP contribution in [0.3, 0.4) is 0 Å². The number of aryl methyl sites for hydroxylation is 1. The van der Waals surface area contributed by atoms with Gasteiger partial charge in [0.15, 0.2) is 0 Å². The Kier molecular flexibility index (Phi) is 4.87. The van der Waals surface area contributed by atoms with Gasteiger partial charge in [0.2, 0.25) is 5.55 Å². The third kappa shape index (κ3) is 4.03. The predicted molar refractivity (Wildman–Crippen MR) is 105 cm³/mol. The SMILES string of the molecule is Cc1cccc(NC(=O)c2cc3ccccc3oc2=Nc2cc(F)ccc2F)n1. The Morgan fingerprint density at radius 3 is 2.69 bits per heavy atom. The van der Waals surface area contributed by atoms with Crippen molar-refractivity contribution in [1.29, 1.82) is 0 Å². The molecule has 0 aliphatic carbocycles. The zero-order valence-electron chi connectivity index (χ0n) is 15.3. The molecule has 1 amide bonds. The van der Waals surface area contributed by atoms with E-state index in [4.69, 9.17) is 4.42 Å². The molecule has 0 aliphatic heterocycles. The maximum atomic E-state index is 14.1. The second-order valence-corrected chi connectivity index (χ2v) is 6.33. The molecule has 0 bridgehead atoms. The van der Waals surface area contributed by atoms with Crippen molar-refractivity contribution in [1.82, 2.24) is 4.98 Å². The van der Waals surface area contributed by atoms with Crippen LogP contribution in [0.5, 0.6) is 0 Å². The lowest BCUT2D eigenvalue weighted by molar-refractivity contribution is 0.102. The van der Waals surface area contributed by atoms with Gasteiger partial charge in [-0.2, -0.15) is 0 Å². The number of fused-ring (bicyclic) bond motifs is 1. The van der Waals surface area contributed by atoms with Gasteiger partial charge in [0.1, 0.15) is 34.3 Å². The van der Waals surface area contributed by atoms with Gasteiger partial charge in [0, 0.05) is 17.1 Å². The van der Waals surface area contributed by atoms with Crippen molar-refractivity contribution in [2.24, 2.45) is 4.99 Å². The molecule has 0 atom stereocenters. The number of hydrogen-bond acceptors (Lipinski definition) is 4. The second-order valence-electron chi connectivity index (χ2n) is 6.33. The molecule has 7 heteroatoms. The number of aromatic nitrogens is 1. The van der Waals surface area contributed by atoms with Gasteiger partial charge in [-0.1, -0.05) is 24.3 Å². The molecule has 2 aromatic carbocycles. The number of nitrogens with one attached hydrogen (secondary N) is 1. The largest absolute Gasteiger partial charge is 0.438 e. The van der Waals surface area contributed by atoms with Crippen LogP contribution in [-0.4, -0.2) is 10.9 Å². The summed E-state index contributed by atoms with van der Waals surface area (Å²) in [4.78, 5) is 21.2. The molecule has 1 N–H and O–H groups in total. The number of carbonyl (C=O) groups excluding carboxylic acids is 1. The normalized spacial score (nSPS) is 11.6. The Bertz CT molecular complexity index is 1300.